The molecule has 0 spiro atoms. The zero-order valence-corrected chi connectivity index (χ0v) is 12.0. The van der Waals surface area contributed by atoms with Gasteiger partial charge in [-0.25, -0.2) is 0 Å². The van der Waals surface area contributed by atoms with Gasteiger partial charge in [0.1, 0.15) is 6.54 Å². The van der Waals surface area contributed by atoms with Crippen LogP contribution in [0.4, 0.5) is 5.69 Å². The fourth-order valence-electron chi connectivity index (χ4n) is 2.67. The number of aliphatic hydroxyl groups excluding tert-OH is 1. The molecule has 1 fully saturated rings. The summed E-state index contributed by atoms with van der Waals surface area (Å²) in [7, 11) is 0. The van der Waals surface area contributed by atoms with Crippen LogP contribution in [0.15, 0.2) is 12.4 Å². The molecule has 112 valence electrons. The summed E-state index contributed by atoms with van der Waals surface area (Å²) >= 11 is 0. The Morgan fingerprint density at radius 1 is 1.50 bits per heavy atom. The van der Waals surface area contributed by atoms with Gasteiger partial charge in [-0.05, 0) is 18.8 Å². The first-order chi connectivity index (χ1) is 9.69. The quantitative estimate of drug-likeness (QED) is 0.726. The van der Waals surface area contributed by atoms with Gasteiger partial charge in [0.15, 0.2) is 0 Å². The first-order valence-electron chi connectivity index (χ1n) is 7.35. The van der Waals surface area contributed by atoms with Crippen LogP contribution >= 0.6 is 0 Å². The van der Waals surface area contributed by atoms with Crippen molar-refractivity contribution in [1.29, 1.82) is 0 Å². The van der Waals surface area contributed by atoms with Crippen molar-refractivity contribution < 1.29 is 9.90 Å². The summed E-state index contributed by atoms with van der Waals surface area (Å²) in [6, 6.07) is 0.504. The number of aliphatic hydroxyl groups is 1. The Bertz CT molecular complexity index is 433. The SMILES string of the molecule is CC1CCCCC1Nc1cnn(CC(=O)NCCO)c1. The Hall–Kier alpha value is -1.56. The molecule has 0 radical (unpaired) electrons. The van der Waals surface area contributed by atoms with Gasteiger partial charge in [-0.15, -0.1) is 0 Å². The molecule has 1 aliphatic rings. The fraction of sp³-hybridized carbons (Fsp3) is 0.714. The fourth-order valence-corrected chi connectivity index (χ4v) is 2.67. The average molecular weight is 280 g/mol. The number of hydrogen-bond donors (Lipinski definition) is 3. The lowest BCUT2D eigenvalue weighted by Gasteiger charge is -2.29. The predicted octanol–water partition coefficient (Wildman–Crippen LogP) is 0.982. The third kappa shape index (κ3) is 4.23. The molecule has 2 atom stereocenters. The van der Waals surface area contributed by atoms with Crippen LogP contribution in [0.1, 0.15) is 32.6 Å². The first-order valence-corrected chi connectivity index (χ1v) is 7.35. The molecular formula is C14H24N4O2. The molecule has 1 aromatic heterocycles. The van der Waals surface area contributed by atoms with E-state index in [9.17, 15) is 4.79 Å². The Kier molecular flexibility index (Phi) is 5.40. The lowest BCUT2D eigenvalue weighted by Crippen LogP contribution is -2.30. The third-order valence-electron chi connectivity index (χ3n) is 3.84. The monoisotopic (exact) mass is 280 g/mol. The minimum Gasteiger partial charge on any atom is -0.395 e. The second-order valence-electron chi connectivity index (χ2n) is 5.51. The van der Waals surface area contributed by atoms with Crippen molar-refractivity contribution in [3.8, 4) is 0 Å². The van der Waals surface area contributed by atoms with Crippen LogP contribution in [-0.2, 0) is 11.3 Å². The Morgan fingerprint density at radius 2 is 2.30 bits per heavy atom. The second kappa shape index (κ2) is 7.28. The lowest BCUT2D eigenvalue weighted by molar-refractivity contribution is -0.122. The maximum Gasteiger partial charge on any atom is 0.241 e. The molecular weight excluding hydrogens is 256 g/mol. The molecule has 1 amide bonds. The van der Waals surface area contributed by atoms with E-state index in [4.69, 9.17) is 5.11 Å². The Labute approximate surface area is 119 Å². The number of nitrogens with one attached hydrogen (secondary N) is 2. The zero-order valence-electron chi connectivity index (χ0n) is 12.0. The molecule has 1 heterocycles. The number of carbonyl (C=O) groups is 1. The molecule has 2 unspecified atom stereocenters. The summed E-state index contributed by atoms with van der Waals surface area (Å²) in [4.78, 5) is 11.5. The van der Waals surface area contributed by atoms with Gasteiger partial charge in [0, 0.05) is 18.8 Å². The second-order valence-corrected chi connectivity index (χ2v) is 5.51. The largest absolute Gasteiger partial charge is 0.395 e. The number of rotatable bonds is 6. The van der Waals surface area contributed by atoms with E-state index in [1.165, 1.54) is 25.7 Å². The number of aromatic nitrogens is 2. The molecule has 1 aromatic rings. The topological polar surface area (TPSA) is 79.2 Å². The maximum absolute atomic E-state index is 11.5. The molecule has 0 aromatic carbocycles. The number of anilines is 1. The van der Waals surface area contributed by atoms with Gasteiger partial charge in [-0.1, -0.05) is 19.8 Å². The Balaban J connectivity index is 1.83. The predicted molar refractivity (Wildman–Crippen MR) is 77.4 cm³/mol. The van der Waals surface area contributed by atoms with Gasteiger partial charge in [0.05, 0.1) is 18.5 Å². The van der Waals surface area contributed by atoms with Crippen LogP contribution in [0, 0.1) is 5.92 Å². The summed E-state index contributed by atoms with van der Waals surface area (Å²) in [5.74, 6) is 0.541. The van der Waals surface area contributed by atoms with Gasteiger partial charge in [0.25, 0.3) is 0 Å². The number of carbonyl (C=O) groups excluding carboxylic acids is 1. The number of amides is 1. The van der Waals surface area contributed by atoms with Crippen LogP contribution in [0.5, 0.6) is 0 Å². The van der Waals surface area contributed by atoms with Gasteiger partial charge in [0.2, 0.25) is 5.91 Å². The van der Waals surface area contributed by atoms with Crippen molar-refractivity contribution >= 4 is 11.6 Å². The highest BCUT2D eigenvalue weighted by atomic mass is 16.3. The molecule has 2 rings (SSSR count). The van der Waals surface area contributed by atoms with E-state index >= 15 is 0 Å². The molecule has 1 aliphatic carbocycles. The zero-order chi connectivity index (χ0) is 14.4. The molecule has 6 heteroatoms. The first kappa shape index (κ1) is 14.8. The molecule has 3 N–H and O–H groups in total. The van der Waals surface area contributed by atoms with E-state index in [1.54, 1.807) is 10.9 Å². The van der Waals surface area contributed by atoms with Crippen molar-refractivity contribution in [3.05, 3.63) is 12.4 Å². The van der Waals surface area contributed by atoms with Crippen LogP contribution in [0.25, 0.3) is 0 Å². The van der Waals surface area contributed by atoms with Crippen LogP contribution in [0.3, 0.4) is 0 Å². The van der Waals surface area contributed by atoms with Crippen molar-refractivity contribution in [2.75, 3.05) is 18.5 Å². The van der Waals surface area contributed by atoms with Gasteiger partial charge in [-0.2, -0.15) is 5.10 Å². The van der Waals surface area contributed by atoms with Gasteiger partial charge < -0.3 is 15.7 Å². The number of hydrogen-bond acceptors (Lipinski definition) is 4. The van der Waals surface area contributed by atoms with E-state index in [0.29, 0.717) is 12.0 Å². The molecule has 20 heavy (non-hydrogen) atoms. The summed E-state index contributed by atoms with van der Waals surface area (Å²) in [5, 5.41) is 19.0. The highest BCUT2D eigenvalue weighted by Crippen LogP contribution is 2.26. The molecule has 0 aliphatic heterocycles. The summed E-state index contributed by atoms with van der Waals surface area (Å²) < 4.78 is 1.61. The van der Waals surface area contributed by atoms with E-state index in [-0.39, 0.29) is 25.6 Å². The van der Waals surface area contributed by atoms with Crippen molar-refractivity contribution in [2.45, 2.75) is 45.2 Å². The third-order valence-corrected chi connectivity index (χ3v) is 3.84. The smallest absolute Gasteiger partial charge is 0.241 e. The highest BCUT2D eigenvalue weighted by Gasteiger charge is 2.21. The van der Waals surface area contributed by atoms with Gasteiger partial charge in [-0.3, -0.25) is 9.48 Å². The van der Waals surface area contributed by atoms with Crippen LogP contribution < -0.4 is 10.6 Å². The maximum atomic E-state index is 11.5. The van der Waals surface area contributed by atoms with E-state index < -0.39 is 0 Å². The highest BCUT2D eigenvalue weighted by molar-refractivity contribution is 5.75. The lowest BCUT2D eigenvalue weighted by atomic mass is 9.86. The number of nitrogens with zero attached hydrogens (tertiary/aromatic N) is 2. The van der Waals surface area contributed by atoms with E-state index in [0.717, 1.165) is 5.69 Å². The van der Waals surface area contributed by atoms with E-state index in [2.05, 4.69) is 22.7 Å². The van der Waals surface area contributed by atoms with Crippen LogP contribution in [-0.4, -0.2) is 40.0 Å². The normalized spacial score (nSPS) is 22.5. The van der Waals surface area contributed by atoms with Crippen molar-refractivity contribution in [2.24, 2.45) is 5.92 Å². The van der Waals surface area contributed by atoms with E-state index in [1.807, 2.05) is 6.20 Å². The molecule has 1 saturated carbocycles. The molecule has 6 nitrogen and oxygen atoms in total. The molecule has 0 bridgehead atoms. The molecule has 0 saturated heterocycles. The van der Waals surface area contributed by atoms with Gasteiger partial charge >= 0.3 is 0 Å². The Morgan fingerprint density at radius 3 is 3.05 bits per heavy atom. The summed E-state index contributed by atoms with van der Waals surface area (Å²) in [6.45, 7) is 2.70. The summed E-state index contributed by atoms with van der Waals surface area (Å²) in [6.07, 6.45) is 8.70. The van der Waals surface area contributed by atoms with Crippen LogP contribution in [0.2, 0.25) is 0 Å². The van der Waals surface area contributed by atoms with Crippen molar-refractivity contribution in [1.82, 2.24) is 15.1 Å². The van der Waals surface area contributed by atoms with Crippen molar-refractivity contribution in [3.63, 3.8) is 0 Å². The summed E-state index contributed by atoms with van der Waals surface area (Å²) in [5.41, 5.74) is 0.971. The minimum atomic E-state index is -0.139. The minimum absolute atomic E-state index is 0.0444. The average Bonchev–Trinajstić information content (AvgIpc) is 2.86. The standard InChI is InChI=1S/C14H24N4O2/c1-11-4-2-3-5-13(11)17-12-8-16-18(9-12)10-14(20)15-6-7-19/h8-9,11,13,17,19H,2-7,10H2,1H3,(H,15,20).